The smallest absolute Gasteiger partial charge is 0.152 e. The van der Waals surface area contributed by atoms with Crippen molar-refractivity contribution in [2.75, 3.05) is 36.1 Å². The number of sulfone groups is 2. The summed E-state index contributed by atoms with van der Waals surface area (Å²) < 4.78 is 44.9. The van der Waals surface area contributed by atoms with Gasteiger partial charge in [-0.05, 0) is 6.42 Å². The topological polar surface area (TPSA) is 71.5 Å². The normalized spacial score (nSPS) is 35.3. The van der Waals surface area contributed by atoms with Crippen LogP contribution < -0.4 is 0 Å². The van der Waals surface area contributed by atoms with Gasteiger partial charge in [-0.3, -0.25) is 4.90 Å². The maximum atomic E-state index is 11.3. The van der Waals surface area contributed by atoms with Gasteiger partial charge in [-0.2, -0.15) is 0 Å². The molecule has 0 unspecified atom stereocenters. The SMILES string of the molecule is O=S1(=O)CCN([C@H]2CCS(=O)(=O)C2)CC1. The zero-order valence-corrected chi connectivity index (χ0v) is 10.1. The number of hydrogen-bond donors (Lipinski definition) is 0. The van der Waals surface area contributed by atoms with Crippen LogP contribution in [0.25, 0.3) is 0 Å². The van der Waals surface area contributed by atoms with Crippen LogP contribution in [0.5, 0.6) is 0 Å². The van der Waals surface area contributed by atoms with E-state index in [0.717, 1.165) is 0 Å². The van der Waals surface area contributed by atoms with Gasteiger partial charge in [0.2, 0.25) is 0 Å². The largest absolute Gasteiger partial charge is 0.297 e. The predicted octanol–water partition coefficient (Wildman–Crippen LogP) is -1.10. The molecule has 1 atom stereocenters. The Kier molecular flexibility index (Phi) is 2.81. The van der Waals surface area contributed by atoms with E-state index in [9.17, 15) is 16.8 Å². The maximum Gasteiger partial charge on any atom is 0.152 e. The van der Waals surface area contributed by atoms with Gasteiger partial charge >= 0.3 is 0 Å². The molecule has 2 heterocycles. The summed E-state index contributed by atoms with van der Waals surface area (Å²) in [5, 5.41) is 0. The molecule has 0 bridgehead atoms. The Bertz CT molecular complexity index is 425. The highest BCUT2D eigenvalue weighted by Gasteiger charge is 2.34. The first-order chi connectivity index (χ1) is 6.88. The maximum absolute atomic E-state index is 11.3. The molecule has 2 aliphatic heterocycles. The monoisotopic (exact) mass is 253 g/mol. The molecular weight excluding hydrogens is 238 g/mol. The second-order valence-corrected chi connectivity index (χ2v) is 8.78. The molecule has 88 valence electrons. The van der Waals surface area contributed by atoms with Crippen LogP contribution in [-0.4, -0.2) is 63.9 Å². The second kappa shape index (κ2) is 3.71. The lowest BCUT2D eigenvalue weighted by Crippen LogP contribution is -2.46. The molecule has 7 heteroatoms. The van der Waals surface area contributed by atoms with Crippen molar-refractivity contribution < 1.29 is 16.8 Å². The molecule has 2 rings (SSSR count). The number of rotatable bonds is 1. The van der Waals surface area contributed by atoms with E-state index in [1.807, 2.05) is 4.90 Å². The Hall–Kier alpha value is -0.140. The van der Waals surface area contributed by atoms with E-state index in [2.05, 4.69) is 0 Å². The molecule has 0 amide bonds. The van der Waals surface area contributed by atoms with E-state index in [4.69, 9.17) is 0 Å². The van der Waals surface area contributed by atoms with E-state index >= 15 is 0 Å². The van der Waals surface area contributed by atoms with Crippen molar-refractivity contribution in [3.05, 3.63) is 0 Å². The first-order valence-corrected chi connectivity index (χ1v) is 8.67. The van der Waals surface area contributed by atoms with Gasteiger partial charge in [-0.25, -0.2) is 16.8 Å². The second-order valence-electron chi connectivity index (χ2n) is 4.24. The van der Waals surface area contributed by atoms with Crippen molar-refractivity contribution in [3.8, 4) is 0 Å². The minimum Gasteiger partial charge on any atom is -0.297 e. The van der Waals surface area contributed by atoms with Crippen molar-refractivity contribution in [1.29, 1.82) is 0 Å². The summed E-state index contributed by atoms with van der Waals surface area (Å²) in [6.07, 6.45) is 0.655. The Morgan fingerprint density at radius 1 is 0.867 bits per heavy atom. The quantitative estimate of drug-likeness (QED) is 0.593. The first kappa shape index (κ1) is 11.3. The molecule has 0 saturated carbocycles. The van der Waals surface area contributed by atoms with E-state index in [1.165, 1.54) is 0 Å². The molecular formula is C8H15NO4S2. The van der Waals surface area contributed by atoms with Crippen molar-refractivity contribution in [2.45, 2.75) is 12.5 Å². The third kappa shape index (κ3) is 2.70. The van der Waals surface area contributed by atoms with E-state index in [-0.39, 0.29) is 29.1 Å². The van der Waals surface area contributed by atoms with Gasteiger partial charge in [-0.15, -0.1) is 0 Å². The molecule has 0 aromatic rings. The Morgan fingerprint density at radius 2 is 1.47 bits per heavy atom. The van der Waals surface area contributed by atoms with Crippen LogP contribution >= 0.6 is 0 Å². The van der Waals surface area contributed by atoms with Crippen molar-refractivity contribution in [1.82, 2.24) is 4.90 Å². The molecule has 2 saturated heterocycles. The summed E-state index contributed by atoms with van der Waals surface area (Å²) in [7, 11) is -5.73. The lowest BCUT2D eigenvalue weighted by molar-refractivity contribution is 0.230. The standard InChI is InChI=1S/C8H15NO4S2/c10-14(11)5-2-9(3-6-14)8-1-4-15(12,13)7-8/h8H,1-7H2/t8-/m0/s1. The Labute approximate surface area is 90.3 Å². The minimum absolute atomic E-state index is 0.0468. The molecule has 2 fully saturated rings. The first-order valence-electron chi connectivity index (χ1n) is 5.03. The van der Waals surface area contributed by atoms with Crippen molar-refractivity contribution in [2.24, 2.45) is 0 Å². The van der Waals surface area contributed by atoms with E-state index < -0.39 is 19.7 Å². The van der Waals surface area contributed by atoms with E-state index in [1.54, 1.807) is 0 Å². The average molecular weight is 253 g/mol. The highest BCUT2D eigenvalue weighted by Crippen LogP contribution is 2.19. The number of nitrogens with zero attached hydrogens (tertiary/aromatic N) is 1. The van der Waals surface area contributed by atoms with Crippen LogP contribution in [0, 0.1) is 0 Å². The van der Waals surface area contributed by atoms with Crippen LogP contribution in [0.3, 0.4) is 0 Å². The van der Waals surface area contributed by atoms with Gasteiger partial charge in [0, 0.05) is 19.1 Å². The highest BCUT2D eigenvalue weighted by atomic mass is 32.2. The van der Waals surface area contributed by atoms with Crippen molar-refractivity contribution in [3.63, 3.8) is 0 Å². The molecule has 15 heavy (non-hydrogen) atoms. The Morgan fingerprint density at radius 3 is 1.93 bits per heavy atom. The van der Waals surface area contributed by atoms with Gasteiger partial charge in [0.25, 0.3) is 0 Å². The highest BCUT2D eigenvalue weighted by molar-refractivity contribution is 7.91. The van der Waals surface area contributed by atoms with Gasteiger partial charge < -0.3 is 0 Å². The lowest BCUT2D eigenvalue weighted by atomic mass is 10.2. The van der Waals surface area contributed by atoms with Gasteiger partial charge in [0.1, 0.15) is 0 Å². The van der Waals surface area contributed by atoms with Crippen LogP contribution in [0.1, 0.15) is 6.42 Å². The molecule has 0 aromatic carbocycles. The van der Waals surface area contributed by atoms with Gasteiger partial charge in [-0.1, -0.05) is 0 Å². The van der Waals surface area contributed by atoms with Gasteiger partial charge in [0.15, 0.2) is 19.7 Å². The van der Waals surface area contributed by atoms with Crippen molar-refractivity contribution >= 4 is 19.7 Å². The number of hydrogen-bond acceptors (Lipinski definition) is 5. The molecule has 0 aromatic heterocycles. The van der Waals surface area contributed by atoms with Crippen LogP contribution in [0.15, 0.2) is 0 Å². The fourth-order valence-electron chi connectivity index (χ4n) is 2.16. The predicted molar refractivity (Wildman–Crippen MR) is 57.3 cm³/mol. The molecule has 5 nitrogen and oxygen atoms in total. The average Bonchev–Trinajstić information content (AvgIpc) is 2.46. The Balaban J connectivity index is 1.98. The summed E-state index contributed by atoms with van der Waals surface area (Å²) in [5.74, 6) is 0.793. The van der Waals surface area contributed by atoms with Gasteiger partial charge in [0.05, 0.1) is 23.0 Å². The molecule has 2 aliphatic rings. The molecule has 0 N–H and O–H groups in total. The molecule has 0 spiro atoms. The summed E-state index contributed by atoms with van der Waals surface area (Å²) in [4.78, 5) is 2.01. The van der Waals surface area contributed by atoms with E-state index in [0.29, 0.717) is 19.5 Å². The summed E-state index contributed by atoms with van der Waals surface area (Å²) in [5.41, 5.74) is 0. The van der Waals surface area contributed by atoms with Crippen LogP contribution in [0.4, 0.5) is 0 Å². The summed E-state index contributed by atoms with van der Waals surface area (Å²) in [6.45, 7) is 0.977. The fourth-order valence-corrected chi connectivity index (χ4v) is 5.15. The third-order valence-corrected chi connectivity index (χ3v) is 6.46. The zero-order valence-electron chi connectivity index (χ0n) is 8.42. The summed E-state index contributed by atoms with van der Waals surface area (Å²) >= 11 is 0. The molecule has 0 radical (unpaired) electrons. The van der Waals surface area contributed by atoms with Crippen LogP contribution in [-0.2, 0) is 19.7 Å². The lowest BCUT2D eigenvalue weighted by Gasteiger charge is -2.31. The molecule has 0 aliphatic carbocycles. The fraction of sp³-hybridized carbons (Fsp3) is 1.00. The van der Waals surface area contributed by atoms with Crippen LogP contribution in [0.2, 0.25) is 0 Å². The third-order valence-electron chi connectivity index (χ3n) is 3.10. The summed E-state index contributed by atoms with van der Waals surface area (Å²) in [6, 6.07) is 0.0468. The minimum atomic E-state index is -2.87. The zero-order chi connectivity index (χ0) is 11.1.